The third-order valence-corrected chi connectivity index (χ3v) is 3.49. The zero-order valence-corrected chi connectivity index (χ0v) is 11.1. The molecule has 0 saturated carbocycles. The van der Waals surface area contributed by atoms with Crippen LogP contribution < -0.4 is 5.32 Å². The number of carbonyl (C=O) groups is 1. The number of rotatable bonds is 3. The molecule has 1 aliphatic heterocycles. The van der Waals surface area contributed by atoms with Gasteiger partial charge in [-0.1, -0.05) is 24.6 Å². The molecule has 1 amide bonds. The first kappa shape index (κ1) is 13.1. The first-order chi connectivity index (χ1) is 8.65. The zero-order valence-electron chi connectivity index (χ0n) is 11.1. The monoisotopic (exact) mass is 247 g/mol. The van der Waals surface area contributed by atoms with Gasteiger partial charge in [0.1, 0.15) is 0 Å². The molecule has 3 heteroatoms. The molecule has 3 nitrogen and oxygen atoms in total. The van der Waals surface area contributed by atoms with Crippen LogP contribution in [0.25, 0.3) is 0 Å². The van der Waals surface area contributed by atoms with Crippen molar-refractivity contribution in [2.75, 3.05) is 11.9 Å². The number of hydrogen-bond donors (Lipinski definition) is 1. The first-order valence-corrected chi connectivity index (χ1v) is 6.63. The first-order valence-electron chi connectivity index (χ1n) is 6.63. The van der Waals surface area contributed by atoms with E-state index in [1.54, 1.807) is 0 Å². The molecule has 1 N–H and O–H groups in total. The molecule has 98 valence electrons. The Hall–Kier alpha value is -1.35. The molecule has 1 saturated heterocycles. The van der Waals surface area contributed by atoms with E-state index in [9.17, 15) is 4.79 Å². The van der Waals surface area contributed by atoms with Gasteiger partial charge >= 0.3 is 0 Å². The molecule has 0 aliphatic carbocycles. The summed E-state index contributed by atoms with van der Waals surface area (Å²) in [5, 5.41) is 2.92. The molecular weight excluding hydrogens is 226 g/mol. The van der Waals surface area contributed by atoms with Crippen LogP contribution in [0.3, 0.4) is 0 Å². The van der Waals surface area contributed by atoms with Gasteiger partial charge in [-0.15, -0.1) is 0 Å². The molecule has 18 heavy (non-hydrogen) atoms. The highest BCUT2D eigenvalue weighted by molar-refractivity contribution is 5.91. The summed E-state index contributed by atoms with van der Waals surface area (Å²) in [6, 6.07) is 7.85. The number of hydrogen-bond acceptors (Lipinski definition) is 2. The maximum absolute atomic E-state index is 11.9. The number of aryl methyl sites for hydroxylation is 1. The quantitative estimate of drug-likeness (QED) is 0.891. The van der Waals surface area contributed by atoms with E-state index >= 15 is 0 Å². The summed E-state index contributed by atoms with van der Waals surface area (Å²) in [7, 11) is 0. The molecule has 1 heterocycles. The van der Waals surface area contributed by atoms with E-state index in [4.69, 9.17) is 4.74 Å². The average Bonchev–Trinajstić information content (AvgIpc) is 2.35. The topological polar surface area (TPSA) is 38.3 Å². The molecule has 0 aromatic heterocycles. The summed E-state index contributed by atoms with van der Waals surface area (Å²) >= 11 is 0. The van der Waals surface area contributed by atoms with E-state index < -0.39 is 0 Å². The number of ether oxygens (including phenoxy) is 1. The lowest BCUT2D eigenvalue weighted by Crippen LogP contribution is -2.31. The predicted molar refractivity (Wildman–Crippen MR) is 72.6 cm³/mol. The largest absolute Gasteiger partial charge is 0.377 e. The van der Waals surface area contributed by atoms with Crippen LogP contribution in [0.1, 0.15) is 31.7 Å². The maximum Gasteiger partial charge on any atom is 0.226 e. The molecule has 1 unspecified atom stereocenters. The van der Waals surface area contributed by atoms with Gasteiger partial charge in [0, 0.05) is 12.3 Å². The second-order valence-corrected chi connectivity index (χ2v) is 5.15. The van der Waals surface area contributed by atoms with E-state index in [-0.39, 0.29) is 12.0 Å². The standard InChI is InChI=1S/C15H21NO2/c1-11-5-7-13(8-6-11)16-15(17)10-14-12(2)4-3-9-18-14/h5-8,12,14H,3-4,9-10H2,1-2H3,(H,16,17)/t12-,14?/m0/s1. The molecule has 2 atom stereocenters. The number of nitrogens with one attached hydrogen (secondary N) is 1. The van der Waals surface area contributed by atoms with E-state index in [1.165, 1.54) is 5.56 Å². The number of benzene rings is 1. The Morgan fingerprint density at radius 1 is 1.39 bits per heavy atom. The highest BCUT2D eigenvalue weighted by Gasteiger charge is 2.24. The van der Waals surface area contributed by atoms with Crippen molar-refractivity contribution in [1.82, 2.24) is 0 Å². The van der Waals surface area contributed by atoms with Gasteiger partial charge < -0.3 is 10.1 Å². The summed E-state index contributed by atoms with van der Waals surface area (Å²) in [6.45, 7) is 4.97. The second-order valence-electron chi connectivity index (χ2n) is 5.15. The molecule has 1 aromatic carbocycles. The van der Waals surface area contributed by atoms with Crippen LogP contribution >= 0.6 is 0 Å². The Bertz CT molecular complexity index is 399. The van der Waals surface area contributed by atoms with Gasteiger partial charge in [-0.2, -0.15) is 0 Å². The zero-order chi connectivity index (χ0) is 13.0. The average molecular weight is 247 g/mol. The molecule has 1 fully saturated rings. The summed E-state index contributed by atoms with van der Waals surface area (Å²) in [5.41, 5.74) is 2.05. The lowest BCUT2D eigenvalue weighted by Gasteiger charge is -2.28. The van der Waals surface area contributed by atoms with Crippen molar-refractivity contribution in [3.63, 3.8) is 0 Å². The van der Waals surface area contributed by atoms with E-state index in [0.717, 1.165) is 25.1 Å². The van der Waals surface area contributed by atoms with Gasteiger partial charge in [0.05, 0.1) is 12.5 Å². The third-order valence-electron chi connectivity index (χ3n) is 3.49. The number of amides is 1. The van der Waals surface area contributed by atoms with Crippen molar-refractivity contribution in [2.24, 2.45) is 5.92 Å². The van der Waals surface area contributed by atoms with Crippen LogP contribution in [-0.2, 0) is 9.53 Å². The lowest BCUT2D eigenvalue weighted by molar-refractivity contribution is -0.121. The van der Waals surface area contributed by atoms with Gasteiger partial charge in [0.25, 0.3) is 0 Å². The van der Waals surface area contributed by atoms with Gasteiger partial charge in [-0.25, -0.2) is 0 Å². The Labute approximate surface area is 109 Å². The Kier molecular flexibility index (Phi) is 4.37. The minimum Gasteiger partial charge on any atom is -0.377 e. The number of carbonyl (C=O) groups excluding carboxylic acids is 1. The summed E-state index contributed by atoms with van der Waals surface area (Å²) in [4.78, 5) is 11.9. The lowest BCUT2D eigenvalue weighted by atomic mass is 9.94. The molecule has 2 rings (SSSR count). The minimum absolute atomic E-state index is 0.0394. The minimum atomic E-state index is 0.0394. The Balaban J connectivity index is 1.86. The van der Waals surface area contributed by atoms with Gasteiger partial charge in [-0.3, -0.25) is 4.79 Å². The summed E-state index contributed by atoms with van der Waals surface area (Å²) in [6.07, 6.45) is 2.79. The van der Waals surface area contributed by atoms with E-state index in [2.05, 4.69) is 12.2 Å². The van der Waals surface area contributed by atoms with Crippen molar-refractivity contribution in [3.8, 4) is 0 Å². The molecule has 0 bridgehead atoms. The highest BCUT2D eigenvalue weighted by Crippen LogP contribution is 2.23. The van der Waals surface area contributed by atoms with Gasteiger partial charge in [0.15, 0.2) is 0 Å². The normalized spacial score (nSPS) is 23.7. The maximum atomic E-state index is 11.9. The van der Waals surface area contributed by atoms with Crippen molar-refractivity contribution in [1.29, 1.82) is 0 Å². The molecule has 0 spiro atoms. The molecule has 0 radical (unpaired) electrons. The van der Waals surface area contributed by atoms with Crippen molar-refractivity contribution < 1.29 is 9.53 Å². The van der Waals surface area contributed by atoms with Crippen molar-refractivity contribution >= 4 is 11.6 Å². The summed E-state index contributed by atoms with van der Waals surface area (Å²) < 4.78 is 5.66. The highest BCUT2D eigenvalue weighted by atomic mass is 16.5. The molecular formula is C15H21NO2. The van der Waals surface area contributed by atoms with Crippen LogP contribution in [0.4, 0.5) is 5.69 Å². The second kappa shape index (κ2) is 6.01. The van der Waals surface area contributed by atoms with Crippen molar-refractivity contribution in [2.45, 2.75) is 39.2 Å². The van der Waals surface area contributed by atoms with Gasteiger partial charge in [0.2, 0.25) is 5.91 Å². The van der Waals surface area contributed by atoms with Gasteiger partial charge in [-0.05, 0) is 37.8 Å². The SMILES string of the molecule is Cc1ccc(NC(=O)CC2OCCC[C@@H]2C)cc1. The summed E-state index contributed by atoms with van der Waals surface area (Å²) in [5.74, 6) is 0.514. The smallest absolute Gasteiger partial charge is 0.226 e. The fourth-order valence-electron chi connectivity index (χ4n) is 2.28. The third kappa shape index (κ3) is 3.57. The van der Waals surface area contributed by atoms with Crippen molar-refractivity contribution in [3.05, 3.63) is 29.8 Å². The Morgan fingerprint density at radius 3 is 2.78 bits per heavy atom. The van der Waals surface area contributed by atoms with Crippen LogP contribution in [0.2, 0.25) is 0 Å². The Morgan fingerprint density at radius 2 is 2.11 bits per heavy atom. The number of anilines is 1. The fraction of sp³-hybridized carbons (Fsp3) is 0.533. The van der Waals surface area contributed by atoms with Crippen LogP contribution in [0.5, 0.6) is 0 Å². The fourth-order valence-corrected chi connectivity index (χ4v) is 2.28. The van der Waals surface area contributed by atoms with E-state index in [0.29, 0.717) is 12.3 Å². The van der Waals surface area contributed by atoms with Crippen LogP contribution in [0.15, 0.2) is 24.3 Å². The molecule has 1 aromatic rings. The molecule has 1 aliphatic rings. The van der Waals surface area contributed by atoms with Crippen LogP contribution in [0, 0.1) is 12.8 Å². The van der Waals surface area contributed by atoms with Crippen LogP contribution in [-0.4, -0.2) is 18.6 Å². The predicted octanol–water partition coefficient (Wildman–Crippen LogP) is 3.14. The van der Waals surface area contributed by atoms with E-state index in [1.807, 2.05) is 31.2 Å².